The van der Waals surface area contributed by atoms with E-state index < -0.39 is 0 Å². The number of hydrogen-bond donors (Lipinski definition) is 0. The van der Waals surface area contributed by atoms with Crippen LogP contribution >= 0.6 is 0 Å². The number of rotatable bonds is 3. The topological polar surface area (TPSA) is 60.0 Å². The van der Waals surface area contributed by atoms with E-state index in [1.54, 1.807) is 0 Å². The van der Waals surface area contributed by atoms with Crippen LogP contribution in [0.2, 0.25) is 0 Å². The Hall–Kier alpha value is -1.69. The quantitative estimate of drug-likeness (QED) is 0.868. The number of aromatic nitrogens is 4. The largest absolute Gasteiger partial charge is 0.339 e. The van der Waals surface area contributed by atoms with Crippen LogP contribution in [0.3, 0.4) is 0 Å². The third-order valence-corrected chi connectivity index (χ3v) is 3.93. The Kier molecular flexibility index (Phi) is 3.57. The molecule has 21 heavy (non-hydrogen) atoms. The maximum atomic E-state index is 5.38. The molecule has 0 saturated carbocycles. The molecule has 3 heterocycles. The van der Waals surface area contributed by atoms with Crippen LogP contribution in [0.15, 0.2) is 16.9 Å². The van der Waals surface area contributed by atoms with E-state index in [1.807, 2.05) is 17.9 Å². The van der Waals surface area contributed by atoms with E-state index in [0.717, 1.165) is 25.3 Å². The minimum atomic E-state index is -0.0982. The summed E-state index contributed by atoms with van der Waals surface area (Å²) in [6.07, 6.45) is 6.42. The zero-order valence-electron chi connectivity index (χ0n) is 13.2. The highest BCUT2D eigenvalue weighted by Crippen LogP contribution is 2.32. The lowest BCUT2D eigenvalue weighted by Crippen LogP contribution is -2.23. The molecule has 2 aromatic rings. The average molecular weight is 289 g/mol. The SMILES string of the molecule is Cn1cc(C2CCCN2Cc2noc(C(C)(C)C)n2)cn1. The molecule has 1 aliphatic heterocycles. The van der Waals surface area contributed by atoms with Crippen molar-refractivity contribution < 1.29 is 4.52 Å². The molecule has 1 saturated heterocycles. The molecule has 0 spiro atoms. The highest BCUT2D eigenvalue weighted by atomic mass is 16.5. The summed E-state index contributed by atoms with van der Waals surface area (Å²) in [5.74, 6) is 1.48. The first-order valence-electron chi connectivity index (χ1n) is 7.49. The Bertz CT molecular complexity index is 610. The van der Waals surface area contributed by atoms with Gasteiger partial charge in [-0.25, -0.2) is 0 Å². The second kappa shape index (κ2) is 5.26. The second-order valence-corrected chi connectivity index (χ2v) is 6.84. The smallest absolute Gasteiger partial charge is 0.232 e. The van der Waals surface area contributed by atoms with E-state index >= 15 is 0 Å². The van der Waals surface area contributed by atoms with Crippen LogP contribution in [0.4, 0.5) is 0 Å². The van der Waals surface area contributed by atoms with Crippen molar-refractivity contribution >= 4 is 0 Å². The molecule has 0 bridgehead atoms. The van der Waals surface area contributed by atoms with Gasteiger partial charge >= 0.3 is 0 Å². The van der Waals surface area contributed by atoms with Crippen molar-refractivity contribution in [2.75, 3.05) is 6.54 Å². The van der Waals surface area contributed by atoms with E-state index in [1.165, 1.54) is 12.0 Å². The highest BCUT2D eigenvalue weighted by Gasteiger charge is 2.29. The van der Waals surface area contributed by atoms with E-state index in [0.29, 0.717) is 11.9 Å². The van der Waals surface area contributed by atoms with Crippen molar-refractivity contribution in [3.8, 4) is 0 Å². The molecule has 1 unspecified atom stereocenters. The van der Waals surface area contributed by atoms with Gasteiger partial charge in [-0.05, 0) is 19.4 Å². The maximum absolute atomic E-state index is 5.38. The van der Waals surface area contributed by atoms with Gasteiger partial charge in [-0.15, -0.1) is 0 Å². The molecule has 2 aromatic heterocycles. The number of likely N-dealkylation sites (tertiary alicyclic amines) is 1. The van der Waals surface area contributed by atoms with E-state index in [9.17, 15) is 0 Å². The third-order valence-electron chi connectivity index (χ3n) is 3.93. The van der Waals surface area contributed by atoms with Gasteiger partial charge in [-0.2, -0.15) is 10.1 Å². The van der Waals surface area contributed by atoms with Gasteiger partial charge in [0.15, 0.2) is 5.82 Å². The van der Waals surface area contributed by atoms with Gasteiger partial charge in [0.25, 0.3) is 0 Å². The zero-order valence-corrected chi connectivity index (χ0v) is 13.2. The molecule has 6 nitrogen and oxygen atoms in total. The van der Waals surface area contributed by atoms with Crippen molar-refractivity contribution in [3.05, 3.63) is 29.7 Å². The molecule has 0 aromatic carbocycles. The number of aryl methyl sites for hydroxylation is 1. The van der Waals surface area contributed by atoms with E-state index in [-0.39, 0.29) is 5.41 Å². The normalized spacial score (nSPS) is 20.3. The summed E-state index contributed by atoms with van der Waals surface area (Å²) >= 11 is 0. The molecule has 3 rings (SSSR count). The first-order chi connectivity index (χ1) is 9.93. The summed E-state index contributed by atoms with van der Waals surface area (Å²) in [5, 5.41) is 8.41. The minimum Gasteiger partial charge on any atom is -0.339 e. The zero-order chi connectivity index (χ0) is 15.0. The van der Waals surface area contributed by atoms with Crippen LogP contribution in [-0.2, 0) is 19.0 Å². The van der Waals surface area contributed by atoms with Crippen molar-refractivity contribution in [2.24, 2.45) is 7.05 Å². The molecule has 1 atom stereocenters. The Morgan fingerprint density at radius 3 is 2.81 bits per heavy atom. The Morgan fingerprint density at radius 2 is 2.19 bits per heavy atom. The summed E-state index contributed by atoms with van der Waals surface area (Å²) in [5.41, 5.74) is 1.17. The van der Waals surface area contributed by atoms with Crippen LogP contribution in [-0.4, -0.2) is 31.4 Å². The van der Waals surface area contributed by atoms with Gasteiger partial charge < -0.3 is 4.52 Å². The van der Waals surface area contributed by atoms with Crippen LogP contribution < -0.4 is 0 Å². The summed E-state index contributed by atoms with van der Waals surface area (Å²) in [6, 6.07) is 0.412. The summed E-state index contributed by atoms with van der Waals surface area (Å²) < 4.78 is 7.24. The lowest BCUT2D eigenvalue weighted by molar-refractivity contribution is 0.237. The fourth-order valence-electron chi connectivity index (χ4n) is 2.81. The van der Waals surface area contributed by atoms with Gasteiger partial charge in [0.2, 0.25) is 5.89 Å². The van der Waals surface area contributed by atoms with Crippen molar-refractivity contribution in [3.63, 3.8) is 0 Å². The van der Waals surface area contributed by atoms with E-state index in [4.69, 9.17) is 4.52 Å². The highest BCUT2D eigenvalue weighted by molar-refractivity contribution is 5.12. The predicted molar refractivity (Wildman–Crippen MR) is 78.6 cm³/mol. The number of hydrogen-bond acceptors (Lipinski definition) is 5. The van der Waals surface area contributed by atoms with Crippen molar-refractivity contribution in [2.45, 2.75) is 51.6 Å². The number of nitrogens with zero attached hydrogens (tertiary/aromatic N) is 5. The van der Waals surface area contributed by atoms with Gasteiger partial charge in [0.05, 0.1) is 12.7 Å². The summed E-state index contributed by atoms with van der Waals surface area (Å²) in [4.78, 5) is 6.95. The standard InChI is InChI=1S/C15H23N5O/c1-15(2,3)14-17-13(18-21-14)10-20-7-5-6-12(20)11-8-16-19(4)9-11/h8-9,12H,5-7,10H2,1-4H3. The summed E-state index contributed by atoms with van der Waals surface area (Å²) in [6.45, 7) is 8.05. The first-order valence-corrected chi connectivity index (χ1v) is 7.49. The van der Waals surface area contributed by atoms with Gasteiger partial charge in [0, 0.05) is 30.3 Å². The Labute approximate surface area is 125 Å². The molecule has 0 N–H and O–H groups in total. The molecule has 0 amide bonds. The lowest BCUT2D eigenvalue weighted by Gasteiger charge is -2.21. The minimum absolute atomic E-state index is 0.0982. The van der Waals surface area contributed by atoms with Crippen LogP contribution in [0, 0.1) is 0 Å². The van der Waals surface area contributed by atoms with Crippen molar-refractivity contribution in [1.29, 1.82) is 0 Å². The molecule has 1 fully saturated rings. The van der Waals surface area contributed by atoms with Crippen LogP contribution in [0.5, 0.6) is 0 Å². The maximum Gasteiger partial charge on any atom is 0.232 e. The molecular formula is C15H23N5O. The van der Waals surface area contributed by atoms with Crippen LogP contribution in [0.1, 0.15) is 56.9 Å². The van der Waals surface area contributed by atoms with Gasteiger partial charge in [-0.3, -0.25) is 9.58 Å². The molecule has 0 aliphatic carbocycles. The van der Waals surface area contributed by atoms with Gasteiger partial charge in [0.1, 0.15) is 0 Å². The molecule has 1 aliphatic rings. The monoisotopic (exact) mass is 289 g/mol. The fourth-order valence-corrected chi connectivity index (χ4v) is 2.81. The third kappa shape index (κ3) is 3.00. The lowest BCUT2D eigenvalue weighted by atomic mass is 9.97. The van der Waals surface area contributed by atoms with Gasteiger partial charge in [-0.1, -0.05) is 25.9 Å². The molecule has 6 heteroatoms. The molecule has 114 valence electrons. The molecular weight excluding hydrogens is 266 g/mol. The Balaban J connectivity index is 1.73. The summed E-state index contributed by atoms with van der Waals surface area (Å²) in [7, 11) is 1.96. The second-order valence-electron chi connectivity index (χ2n) is 6.84. The van der Waals surface area contributed by atoms with Crippen LogP contribution in [0.25, 0.3) is 0 Å². The fraction of sp³-hybridized carbons (Fsp3) is 0.667. The average Bonchev–Trinajstić information content (AvgIpc) is 3.08. The first kappa shape index (κ1) is 14.3. The Morgan fingerprint density at radius 1 is 1.38 bits per heavy atom. The predicted octanol–water partition coefficient (Wildman–Crippen LogP) is 2.44. The van der Waals surface area contributed by atoms with Crippen molar-refractivity contribution in [1.82, 2.24) is 24.8 Å². The molecule has 0 radical (unpaired) electrons. The van der Waals surface area contributed by atoms with E-state index in [2.05, 4.69) is 47.1 Å².